The van der Waals surface area contributed by atoms with Crippen molar-refractivity contribution in [3.05, 3.63) is 77.5 Å². The van der Waals surface area contributed by atoms with E-state index in [1.54, 1.807) is 25.3 Å². The van der Waals surface area contributed by atoms with E-state index in [1.807, 2.05) is 42.5 Å². The molecule has 2 aliphatic heterocycles. The van der Waals surface area contributed by atoms with Crippen LogP contribution in [0.15, 0.2) is 66.4 Å². The Morgan fingerprint density at radius 2 is 1.84 bits per heavy atom. The Bertz CT molecular complexity index is 1010. The molecule has 2 atom stereocenters. The number of β-lactam (4-membered cyclic amide) rings is 1. The van der Waals surface area contributed by atoms with Crippen LogP contribution >= 0.6 is 11.8 Å². The number of methoxy groups -OCH3 is 1. The number of ether oxygens (including phenoxy) is 2. The molecule has 2 heterocycles. The lowest BCUT2D eigenvalue weighted by molar-refractivity contribution is -0.153. The fourth-order valence-electron chi connectivity index (χ4n) is 3.48. The van der Waals surface area contributed by atoms with E-state index >= 15 is 0 Å². The molecule has 2 aliphatic rings. The minimum absolute atomic E-state index is 0.0945. The van der Waals surface area contributed by atoms with Gasteiger partial charge in [0.1, 0.15) is 29.5 Å². The van der Waals surface area contributed by atoms with Gasteiger partial charge in [0, 0.05) is 5.75 Å². The largest absolute Gasteiger partial charge is 0.497 e. The zero-order chi connectivity index (χ0) is 21.8. The zero-order valence-electron chi connectivity index (χ0n) is 16.9. The van der Waals surface area contributed by atoms with E-state index in [1.165, 1.54) is 16.7 Å². The molecule has 2 aromatic rings. The predicted molar refractivity (Wildman–Crippen MR) is 116 cm³/mol. The quantitative estimate of drug-likeness (QED) is 0.527. The topological polar surface area (TPSA) is 84.9 Å². The molecule has 8 heteroatoms. The summed E-state index contributed by atoms with van der Waals surface area (Å²) >= 11 is 1.51. The number of carbonyl (C=O) groups excluding carboxylic acids is 3. The van der Waals surface area contributed by atoms with Gasteiger partial charge < -0.3 is 14.8 Å². The number of esters is 1. The molecule has 0 bridgehead atoms. The van der Waals surface area contributed by atoms with Crippen LogP contribution in [0.4, 0.5) is 0 Å². The van der Waals surface area contributed by atoms with Gasteiger partial charge in [-0.2, -0.15) is 0 Å². The SMILES string of the molecule is COc1ccc(COC(=O)C2=CCSC3C(NC(=O)Cc4ccccc4)C(=O)N23)cc1. The highest BCUT2D eigenvalue weighted by molar-refractivity contribution is 8.00. The summed E-state index contributed by atoms with van der Waals surface area (Å²) in [5, 5.41) is 2.49. The van der Waals surface area contributed by atoms with Gasteiger partial charge in [-0.15, -0.1) is 11.8 Å². The highest BCUT2D eigenvalue weighted by Gasteiger charge is 2.52. The minimum Gasteiger partial charge on any atom is -0.497 e. The van der Waals surface area contributed by atoms with E-state index in [0.29, 0.717) is 5.75 Å². The van der Waals surface area contributed by atoms with Gasteiger partial charge in [0.15, 0.2) is 0 Å². The number of nitrogens with one attached hydrogen (secondary N) is 1. The Morgan fingerprint density at radius 3 is 2.55 bits per heavy atom. The molecule has 0 saturated carbocycles. The fraction of sp³-hybridized carbons (Fsp3) is 0.261. The van der Waals surface area contributed by atoms with Crippen molar-refractivity contribution in [2.75, 3.05) is 12.9 Å². The number of hydrogen-bond acceptors (Lipinski definition) is 6. The maximum Gasteiger partial charge on any atom is 0.355 e. The molecule has 7 nitrogen and oxygen atoms in total. The minimum atomic E-state index is -0.640. The average Bonchev–Trinajstić information content (AvgIpc) is 2.81. The molecule has 2 unspecified atom stereocenters. The number of fused-ring (bicyclic) bond motifs is 1. The van der Waals surface area contributed by atoms with Gasteiger partial charge in [-0.05, 0) is 29.3 Å². The molecule has 2 aromatic carbocycles. The molecule has 4 rings (SSSR count). The van der Waals surface area contributed by atoms with E-state index in [9.17, 15) is 14.4 Å². The van der Waals surface area contributed by atoms with Crippen molar-refractivity contribution in [1.82, 2.24) is 10.2 Å². The van der Waals surface area contributed by atoms with Crippen molar-refractivity contribution in [2.45, 2.75) is 24.4 Å². The second kappa shape index (κ2) is 9.26. The van der Waals surface area contributed by atoms with Crippen LogP contribution in [0.25, 0.3) is 0 Å². The Labute approximate surface area is 184 Å². The third kappa shape index (κ3) is 4.59. The summed E-state index contributed by atoms with van der Waals surface area (Å²) < 4.78 is 10.5. The Balaban J connectivity index is 1.33. The molecular formula is C23H22N2O5S. The molecule has 2 amide bonds. The number of thioether (sulfide) groups is 1. The third-order valence-corrected chi connectivity index (χ3v) is 6.29. The van der Waals surface area contributed by atoms with Gasteiger partial charge in [0.2, 0.25) is 5.91 Å². The van der Waals surface area contributed by atoms with Crippen LogP contribution in [-0.4, -0.2) is 47.0 Å². The van der Waals surface area contributed by atoms with Gasteiger partial charge in [0.25, 0.3) is 5.91 Å². The maximum atomic E-state index is 12.7. The van der Waals surface area contributed by atoms with Gasteiger partial charge in [-0.3, -0.25) is 14.5 Å². The molecule has 0 aromatic heterocycles. The standard InChI is InChI=1S/C23H22N2O5S/c1-29-17-9-7-16(8-10-17)14-30-23(28)18-11-12-31-22-20(21(27)25(18)22)24-19(26)13-15-5-3-2-4-6-15/h2-11,20,22H,12-14H2,1H3,(H,24,26). The summed E-state index contributed by atoms with van der Waals surface area (Å²) in [4.78, 5) is 39.0. The maximum absolute atomic E-state index is 12.7. The first kappa shape index (κ1) is 21.0. The summed E-state index contributed by atoms with van der Waals surface area (Å²) in [6.07, 6.45) is 1.89. The number of hydrogen-bond donors (Lipinski definition) is 1. The van der Waals surface area contributed by atoms with Crippen molar-refractivity contribution in [2.24, 2.45) is 0 Å². The highest BCUT2D eigenvalue weighted by Crippen LogP contribution is 2.37. The first-order valence-corrected chi connectivity index (χ1v) is 10.9. The van der Waals surface area contributed by atoms with Gasteiger partial charge in [-0.1, -0.05) is 42.5 Å². The molecule has 0 aliphatic carbocycles. The Hall–Kier alpha value is -3.26. The molecule has 0 radical (unpaired) electrons. The van der Waals surface area contributed by atoms with Crippen LogP contribution in [0, 0.1) is 0 Å². The number of rotatable bonds is 7. The van der Waals surface area contributed by atoms with E-state index < -0.39 is 12.0 Å². The first-order valence-electron chi connectivity index (χ1n) is 9.85. The van der Waals surface area contributed by atoms with Gasteiger partial charge in [-0.25, -0.2) is 4.79 Å². The smallest absolute Gasteiger partial charge is 0.355 e. The molecule has 160 valence electrons. The fourth-order valence-corrected chi connectivity index (χ4v) is 4.67. The van der Waals surface area contributed by atoms with Crippen LogP contribution in [0.1, 0.15) is 11.1 Å². The summed E-state index contributed by atoms with van der Waals surface area (Å²) in [5.41, 5.74) is 1.93. The summed E-state index contributed by atoms with van der Waals surface area (Å²) in [5.74, 6) is 0.209. The molecular weight excluding hydrogens is 416 g/mol. The number of benzene rings is 2. The lowest BCUT2D eigenvalue weighted by Gasteiger charge is -2.48. The van der Waals surface area contributed by atoms with Crippen molar-refractivity contribution in [3.63, 3.8) is 0 Å². The monoisotopic (exact) mass is 438 g/mol. The molecule has 31 heavy (non-hydrogen) atoms. The van der Waals surface area contributed by atoms with Crippen LogP contribution in [0.5, 0.6) is 5.75 Å². The molecule has 1 saturated heterocycles. The normalized spacial score (nSPS) is 19.6. The average molecular weight is 439 g/mol. The lowest BCUT2D eigenvalue weighted by Crippen LogP contribution is -2.70. The van der Waals surface area contributed by atoms with Crippen molar-refractivity contribution < 1.29 is 23.9 Å². The molecule has 1 fully saturated rings. The first-order chi connectivity index (χ1) is 15.1. The van der Waals surface area contributed by atoms with Gasteiger partial charge in [0.05, 0.1) is 13.5 Å². The highest BCUT2D eigenvalue weighted by atomic mass is 32.2. The Kier molecular flexibility index (Phi) is 6.27. The summed E-state index contributed by atoms with van der Waals surface area (Å²) in [6.45, 7) is 0.0945. The molecule has 1 N–H and O–H groups in total. The van der Waals surface area contributed by atoms with Crippen molar-refractivity contribution >= 4 is 29.5 Å². The van der Waals surface area contributed by atoms with Crippen molar-refractivity contribution in [3.8, 4) is 5.75 Å². The van der Waals surface area contributed by atoms with E-state index in [2.05, 4.69) is 5.32 Å². The van der Waals surface area contributed by atoms with E-state index in [0.717, 1.165) is 16.9 Å². The third-order valence-electron chi connectivity index (χ3n) is 5.11. The second-order valence-corrected chi connectivity index (χ2v) is 8.30. The van der Waals surface area contributed by atoms with Crippen LogP contribution in [-0.2, 0) is 32.1 Å². The van der Waals surface area contributed by atoms with E-state index in [4.69, 9.17) is 9.47 Å². The van der Waals surface area contributed by atoms with Crippen LogP contribution < -0.4 is 10.1 Å². The van der Waals surface area contributed by atoms with Crippen molar-refractivity contribution in [1.29, 1.82) is 0 Å². The van der Waals surface area contributed by atoms with Crippen LogP contribution in [0.3, 0.4) is 0 Å². The predicted octanol–water partition coefficient (Wildman–Crippen LogP) is 2.26. The number of amides is 2. The second-order valence-electron chi connectivity index (χ2n) is 7.15. The van der Waals surface area contributed by atoms with Gasteiger partial charge >= 0.3 is 5.97 Å². The number of carbonyl (C=O) groups is 3. The zero-order valence-corrected chi connectivity index (χ0v) is 17.8. The molecule has 0 spiro atoms. The van der Waals surface area contributed by atoms with Crippen LogP contribution in [0.2, 0.25) is 0 Å². The lowest BCUT2D eigenvalue weighted by atomic mass is 10.0. The summed E-state index contributed by atoms with van der Waals surface area (Å²) in [7, 11) is 1.58. The number of nitrogens with zero attached hydrogens (tertiary/aromatic N) is 1. The Morgan fingerprint density at radius 1 is 1.10 bits per heavy atom. The van der Waals surface area contributed by atoms with E-state index in [-0.39, 0.29) is 35.9 Å². The summed E-state index contributed by atoms with van der Waals surface area (Å²) in [6, 6.07) is 15.9.